The number of carbonyl (C=O) groups is 1. The Hall–Kier alpha value is -2.90. The van der Waals surface area contributed by atoms with Crippen molar-refractivity contribution in [3.8, 4) is 11.1 Å². The Morgan fingerprint density at radius 2 is 1.92 bits per heavy atom. The number of aromatic amines is 1. The molecule has 0 saturated heterocycles. The maximum Gasteiger partial charge on any atom is 0.287 e. The van der Waals surface area contributed by atoms with Gasteiger partial charge in [0.25, 0.3) is 5.91 Å². The minimum atomic E-state index is -0.210. The standard InChI is InChI=1S/C19H24N6O/c20-9-1-2-15(22)11-23-19(26)18-24-16-8-5-13(10-17(16)25-18)12-3-6-14(21)7-4-12/h3-8,10,15H,1-2,9,11,20-22H2,(H,23,26)(H,24,25)/p+2/t15-/m0/s1. The molecule has 0 unspecified atom stereocenters. The van der Waals surface area contributed by atoms with Crippen molar-refractivity contribution in [2.75, 3.05) is 18.8 Å². The molecular weight excluding hydrogens is 328 g/mol. The van der Waals surface area contributed by atoms with Crippen molar-refractivity contribution < 1.29 is 16.3 Å². The third-order valence-corrected chi connectivity index (χ3v) is 4.35. The summed E-state index contributed by atoms with van der Waals surface area (Å²) in [5.74, 6) is 0.109. The molecule has 0 bridgehead atoms. The van der Waals surface area contributed by atoms with Gasteiger partial charge in [-0.05, 0) is 35.4 Å². The number of anilines is 1. The molecular formula is C19H26N6O+2. The zero-order valence-corrected chi connectivity index (χ0v) is 14.8. The summed E-state index contributed by atoms with van der Waals surface area (Å²) in [6.07, 6.45) is 1.97. The fraction of sp³-hybridized carbons (Fsp3) is 0.263. The van der Waals surface area contributed by atoms with E-state index in [1.165, 1.54) is 0 Å². The second-order valence-electron chi connectivity index (χ2n) is 6.51. The summed E-state index contributed by atoms with van der Waals surface area (Å²) in [5, 5.41) is 2.89. The highest BCUT2D eigenvalue weighted by Crippen LogP contribution is 2.24. The number of fused-ring (bicyclic) bond motifs is 1. The van der Waals surface area contributed by atoms with Gasteiger partial charge in [0.15, 0.2) is 5.82 Å². The zero-order valence-electron chi connectivity index (χ0n) is 14.8. The summed E-state index contributed by atoms with van der Waals surface area (Å²) in [6, 6.07) is 13.8. The monoisotopic (exact) mass is 354 g/mol. The number of benzene rings is 2. The number of nitrogens with two attached hydrogens (primary N) is 1. The molecule has 0 saturated carbocycles. The third kappa shape index (κ3) is 4.19. The Morgan fingerprint density at radius 1 is 1.19 bits per heavy atom. The highest BCUT2D eigenvalue weighted by molar-refractivity contribution is 5.94. The quantitative estimate of drug-likeness (QED) is 0.387. The molecule has 7 heteroatoms. The van der Waals surface area contributed by atoms with Crippen LogP contribution in [-0.2, 0) is 0 Å². The van der Waals surface area contributed by atoms with Crippen LogP contribution in [0.2, 0.25) is 0 Å². The smallest absolute Gasteiger partial charge is 0.287 e. The Balaban J connectivity index is 1.72. The lowest BCUT2D eigenvalue weighted by atomic mass is 10.0. The van der Waals surface area contributed by atoms with Gasteiger partial charge in [-0.2, -0.15) is 0 Å². The van der Waals surface area contributed by atoms with Crippen molar-refractivity contribution >= 4 is 22.6 Å². The first-order chi connectivity index (χ1) is 12.6. The largest absolute Gasteiger partial charge is 0.399 e. The van der Waals surface area contributed by atoms with Crippen LogP contribution in [-0.4, -0.2) is 35.0 Å². The van der Waals surface area contributed by atoms with Crippen LogP contribution in [0.4, 0.5) is 5.69 Å². The number of amides is 1. The second-order valence-corrected chi connectivity index (χ2v) is 6.51. The maximum atomic E-state index is 12.3. The van der Waals surface area contributed by atoms with E-state index < -0.39 is 0 Å². The molecule has 1 atom stereocenters. The predicted molar refractivity (Wildman–Crippen MR) is 102 cm³/mol. The van der Waals surface area contributed by atoms with Gasteiger partial charge >= 0.3 is 0 Å². The van der Waals surface area contributed by atoms with E-state index >= 15 is 0 Å². The van der Waals surface area contributed by atoms with Crippen molar-refractivity contribution in [1.29, 1.82) is 0 Å². The van der Waals surface area contributed by atoms with Crippen LogP contribution in [0, 0.1) is 0 Å². The lowest BCUT2D eigenvalue weighted by Gasteiger charge is -2.07. The number of nitrogens with zero attached hydrogens (tertiary/aromatic N) is 1. The lowest BCUT2D eigenvalue weighted by molar-refractivity contribution is -0.423. The fourth-order valence-corrected chi connectivity index (χ4v) is 2.83. The number of hydrogen-bond acceptors (Lipinski definition) is 3. The van der Waals surface area contributed by atoms with Gasteiger partial charge in [-0.3, -0.25) is 4.79 Å². The molecule has 0 fully saturated rings. The SMILES string of the molecule is Nc1ccc(-c2ccc3nc(C(=O)NC[C@@H]([NH3+])CCC[NH3+])[nH]c3c2)cc1. The number of nitrogen functional groups attached to an aromatic ring is 1. The van der Waals surface area contributed by atoms with Crippen LogP contribution in [0.15, 0.2) is 42.5 Å². The summed E-state index contributed by atoms with van der Waals surface area (Å²) in [6.45, 7) is 1.42. The molecule has 0 aliphatic carbocycles. The van der Waals surface area contributed by atoms with E-state index in [1.807, 2.05) is 42.5 Å². The number of carbonyl (C=O) groups excluding carboxylic acids is 1. The Bertz CT molecular complexity index is 887. The summed E-state index contributed by atoms with van der Waals surface area (Å²) in [7, 11) is 0. The molecule has 26 heavy (non-hydrogen) atoms. The topological polar surface area (TPSA) is 139 Å². The number of rotatable bonds is 7. The zero-order chi connectivity index (χ0) is 18.5. The molecule has 7 nitrogen and oxygen atoms in total. The van der Waals surface area contributed by atoms with Gasteiger partial charge < -0.3 is 27.5 Å². The Kier molecular flexibility index (Phi) is 5.50. The molecule has 2 aromatic carbocycles. The number of nitrogens with one attached hydrogen (secondary N) is 2. The molecule has 0 aliphatic heterocycles. The third-order valence-electron chi connectivity index (χ3n) is 4.35. The van der Waals surface area contributed by atoms with Crippen LogP contribution in [0.1, 0.15) is 23.5 Å². The number of H-pyrrole nitrogens is 1. The van der Waals surface area contributed by atoms with E-state index in [-0.39, 0.29) is 11.9 Å². The van der Waals surface area contributed by atoms with Gasteiger partial charge in [0.1, 0.15) is 6.04 Å². The van der Waals surface area contributed by atoms with Gasteiger partial charge in [0, 0.05) is 18.5 Å². The second kappa shape index (κ2) is 7.99. The van der Waals surface area contributed by atoms with Gasteiger partial charge in [-0.1, -0.05) is 18.2 Å². The molecule has 1 amide bonds. The van der Waals surface area contributed by atoms with Crippen LogP contribution >= 0.6 is 0 Å². The van der Waals surface area contributed by atoms with E-state index in [0.717, 1.165) is 47.2 Å². The van der Waals surface area contributed by atoms with Gasteiger partial charge in [-0.25, -0.2) is 4.98 Å². The molecule has 1 heterocycles. The van der Waals surface area contributed by atoms with E-state index in [0.29, 0.717) is 12.4 Å². The average molecular weight is 354 g/mol. The van der Waals surface area contributed by atoms with Crippen molar-refractivity contribution in [2.24, 2.45) is 0 Å². The highest BCUT2D eigenvalue weighted by Gasteiger charge is 2.14. The minimum absolute atomic E-state index is 0.183. The Labute approximate surface area is 152 Å². The molecule has 0 aliphatic rings. The Morgan fingerprint density at radius 3 is 2.65 bits per heavy atom. The van der Waals surface area contributed by atoms with Crippen LogP contribution < -0.4 is 22.5 Å². The molecule has 0 radical (unpaired) electrons. The lowest BCUT2D eigenvalue weighted by Crippen LogP contribution is -2.65. The van der Waals surface area contributed by atoms with E-state index in [2.05, 4.69) is 26.8 Å². The molecule has 1 aromatic heterocycles. The first-order valence-corrected chi connectivity index (χ1v) is 8.83. The van der Waals surface area contributed by atoms with Crippen LogP contribution in [0.3, 0.4) is 0 Å². The van der Waals surface area contributed by atoms with Crippen molar-refractivity contribution in [3.05, 3.63) is 48.3 Å². The van der Waals surface area contributed by atoms with Crippen molar-refractivity contribution in [2.45, 2.75) is 18.9 Å². The van der Waals surface area contributed by atoms with Crippen molar-refractivity contribution in [3.63, 3.8) is 0 Å². The fourth-order valence-electron chi connectivity index (χ4n) is 2.83. The van der Waals surface area contributed by atoms with Gasteiger partial charge in [0.05, 0.1) is 24.1 Å². The molecule has 3 rings (SSSR count). The molecule has 10 N–H and O–H groups in total. The van der Waals surface area contributed by atoms with E-state index in [9.17, 15) is 4.79 Å². The minimum Gasteiger partial charge on any atom is -0.399 e. The van der Waals surface area contributed by atoms with Gasteiger partial charge in [0.2, 0.25) is 0 Å². The predicted octanol–water partition coefficient (Wildman–Crippen LogP) is 0.175. The number of aromatic nitrogens is 2. The number of imidazole rings is 1. The summed E-state index contributed by atoms with van der Waals surface area (Å²) in [4.78, 5) is 19.8. The van der Waals surface area contributed by atoms with Gasteiger partial charge in [-0.15, -0.1) is 0 Å². The summed E-state index contributed by atoms with van der Waals surface area (Å²) < 4.78 is 0. The maximum absolute atomic E-state index is 12.3. The molecule has 0 spiro atoms. The number of hydrogen-bond donors (Lipinski definition) is 5. The first kappa shape index (κ1) is 17.9. The molecule has 3 aromatic rings. The highest BCUT2D eigenvalue weighted by atomic mass is 16.2. The normalized spacial score (nSPS) is 12.2. The first-order valence-electron chi connectivity index (χ1n) is 8.83. The number of quaternary nitrogens is 2. The van der Waals surface area contributed by atoms with Crippen LogP contribution in [0.5, 0.6) is 0 Å². The van der Waals surface area contributed by atoms with Crippen LogP contribution in [0.25, 0.3) is 22.2 Å². The van der Waals surface area contributed by atoms with E-state index in [4.69, 9.17) is 5.73 Å². The average Bonchev–Trinajstić information content (AvgIpc) is 3.08. The summed E-state index contributed by atoms with van der Waals surface area (Å²) in [5.41, 5.74) is 18.0. The summed E-state index contributed by atoms with van der Waals surface area (Å²) >= 11 is 0. The van der Waals surface area contributed by atoms with Crippen molar-refractivity contribution in [1.82, 2.24) is 15.3 Å². The van der Waals surface area contributed by atoms with E-state index in [1.54, 1.807) is 0 Å². The molecule has 136 valence electrons.